The summed E-state index contributed by atoms with van der Waals surface area (Å²) in [5.41, 5.74) is 5.15. The summed E-state index contributed by atoms with van der Waals surface area (Å²) in [6.45, 7) is 0.721. The van der Waals surface area contributed by atoms with E-state index in [1.54, 1.807) is 0 Å². The smallest absolute Gasteiger partial charge is 0.319 e. The molecule has 1 aliphatic heterocycles. The summed E-state index contributed by atoms with van der Waals surface area (Å²) in [6.07, 6.45) is 0.0162. The van der Waals surface area contributed by atoms with E-state index in [1.807, 2.05) is 7.05 Å². The first-order valence-electron chi connectivity index (χ1n) is 2.79. The fourth-order valence-corrected chi connectivity index (χ4v) is 0.689. The molecule has 1 saturated heterocycles. The molecule has 0 aromatic heterocycles. The molecule has 1 fully saturated rings. The van der Waals surface area contributed by atoms with Crippen LogP contribution in [0.25, 0.3) is 0 Å². The first kappa shape index (κ1) is 6.31. The van der Waals surface area contributed by atoms with Crippen LogP contribution >= 0.6 is 0 Å². The van der Waals surface area contributed by atoms with E-state index in [2.05, 4.69) is 21.5 Å². The lowest BCUT2D eigenvalue weighted by molar-refractivity contribution is 0.247. The molecule has 1 atom stereocenters. The van der Waals surface area contributed by atoms with Crippen molar-refractivity contribution in [3.8, 4) is 0 Å². The van der Waals surface area contributed by atoms with Gasteiger partial charge in [0.1, 0.15) is 6.17 Å². The second kappa shape index (κ2) is 2.65. The van der Waals surface area contributed by atoms with Gasteiger partial charge in [-0.05, 0) is 7.05 Å². The molecule has 4 N–H and O–H groups in total. The average molecular weight is 130 g/mol. The zero-order chi connectivity index (χ0) is 6.69. The molecular weight excluding hydrogens is 120 g/mol. The van der Waals surface area contributed by atoms with Gasteiger partial charge in [-0.1, -0.05) is 0 Å². The monoisotopic (exact) mass is 130 g/mol. The molecule has 0 saturated carbocycles. The van der Waals surface area contributed by atoms with Crippen LogP contribution in [0.4, 0.5) is 4.79 Å². The van der Waals surface area contributed by atoms with Crippen LogP contribution in [0, 0.1) is 0 Å². The van der Waals surface area contributed by atoms with E-state index in [1.165, 1.54) is 0 Å². The Kier molecular flexibility index (Phi) is 1.86. The Balaban J connectivity index is 2.22. The van der Waals surface area contributed by atoms with Crippen molar-refractivity contribution in [3.05, 3.63) is 0 Å². The minimum atomic E-state index is -0.171. The van der Waals surface area contributed by atoms with E-state index in [0.717, 1.165) is 6.54 Å². The number of amides is 2. The van der Waals surface area contributed by atoms with Crippen LogP contribution in [0.15, 0.2) is 0 Å². The van der Waals surface area contributed by atoms with Crippen molar-refractivity contribution in [2.45, 2.75) is 6.17 Å². The molecule has 52 valence electrons. The fourth-order valence-electron chi connectivity index (χ4n) is 0.689. The Morgan fingerprint density at radius 2 is 2.56 bits per heavy atom. The number of carbonyl (C=O) groups excluding carboxylic acids is 1. The molecule has 0 aromatic rings. The number of rotatable bonds is 2. The van der Waals surface area contributed by atoms with Crippen LogP contribution in [0.1, 0.15) is 0 Å². The van der Waals surface area contributed by atoms with Crippen LogP contribution < -0.4 is 21.5 Å². The molecule has 1 unspecified atom stereocenters. The molecule has 5 nitrogen and oxygen atoms in total. The summed E-state index contributed by atoms with van der Waals surface area (Å²) in [5.74, 6) is 0. The van der Waals surface area contributed by atoms with Gasteiger partial charge in [0.15, 0.2) is 0 Å². The summed E-state index contributed by atoms with van der Waals surface area (Å²) in [7, 11) is 1.83. The molecule has 1 rings (SSSR count). The fraction of sp³-hybridized carbons (Fsp3) is 0.750. The SMILES string of the molecule is CNCC1NNC(=O)N1. The molecule has 0 radical (unpaired) electrons. The largest absolute Gasteiger partial charge is 0.330 e. The van der Waals surface area contributed by atoms with Crippen LogP contribution in [-0.4, -0.2) is 25.8 Å². The van der Waals surface area contributed by atoms with E-state index in [9.17, 15) is 4.79 Å². The van der Waals surface area contributed by atoms with Crippen LogP contribution in [0.5, 0.6) is 0 Å². The van der Waals surface area contributed by atoms with Gasteiger partial charge in [0.05, 0.1) is 0 Å². The summed E-state index contributed by atoms with van der Waals surface area (Å²) >= 11 is 0. The summed E-state index contributed by atoms with van der Waals surface area (Å²) in [5, 5.41) is 5.54. The highest BCUT2D eigenvalue weighted by Crippen LogP contribution is 1.79. The first-order chi connectivity index (χ1) is 4.33. The third-order valence-corrected chi connectivity index (χ3v) is 1.07. The van der Waals surface area contributed by atoms with E-state index in [4.69, 9.17) is 0 Å². The Bertz CT molecular complexity index is 115. The molecule has 0 aromatic carbocycles. The van der Waals surface area contributed by atoms with Gasteiger partial charge in [-0.15, -0.1) is 0 Å². The maximum Gasteiger partial charge on any atom is 0.330 e. The van der Waals surface area contributed by atoms with Gasteiger partial charge in [0.25, 0.3) is 0 Å². The highest BCUT2D eigenvalue weighted by Gasteiger charge is 2.16. The number of carbonyl (C=O) groups is 1. The van der Waals surface area contributed by atoms with Gasteiger partial charge in [-0.2, -0.15) is 0 Å². The quantitative estimate of drug-likeness (QED) is 0.362. The number of urea groups is 1. The van der Waals surface area contributed by atoms with E-state index in [0.29, 0.717) is 0 Å². The second-order valence-electron chi connectivity index (χ2n) is 1.85. The molecule has 2 amide bonds. The normalized spacial score (nSPS) is 25.4. The van der Waals surface area contributed by atoms with Gasteiger partial charge in [-0.25, -0.2) is 10.2 Å². The molecule has 1 heterocycles. The lowest BCUT2D eigenvalue weighted by Crippen LogP contribution is -2.41. The third kappa shape index (κ3) is 1.55. The Hall–Kier alpha value is -0.810. The predicted molar refractivity (Wildman–Crippen MR) is 32.5 cm³/mol. The molecule has 0 aliphatic carbocycles. The second-order valence-corrected chi connectivity index (χ2v) is 1.85. The van der Waals surface area contributed by atoms with Gasteiger partial charge in [-0.3, -0.25) is 5.43 Å². The third-order valence-electron chi connectivity index (χ3n) is 1.07. The molecular formula is C4H10N4O. The molecule has 5 heteroatoms. The zero-order valence-corrected chi connectivity index (χ0v) is 5.19. The van der Waals surface area contributed by atoms with Gasteiger partial charge in [0.2, 0.25) is 0 Å². The summed E-state index contributed by atoms with van der Waals surface area (Å²) in [6, 6.07) is -0.171. The van der Waals surface area contributed by atoms with Crippen molar-refractivity contribution in [1.29, 1.82) is 0 Å². The number of hydrogen-bond acceptors (Lipinski definition) is 3. The zero-order valence-electron chi connectivity index (χ0n) is 5.19. The van der Waals surface area contributed by atoms with Gasteiger partial charge in [0, 0.05) is 6.54 Å². The number of hydrazine groups is 1. The average Bonchev–Trinajstić information content (AvgIpc) is 2.17. The van der Waals surface area contributed by atoms with Crippen molar-refractivity contribution in [2.24, 2.45) is 0 Å². The predicted octanol–water partition coefficient (Wildman–Crippen LogP) is -1.65. The van der Waals surface area contributed by atoms with E-state index >= 15 is 0 Å². The highest BCUT2D eigenvalue weighted by molar-refractivity contribution is 5.75. The number of nitrogens with one attached hydrogen (secondary N) is 4. The van der Waals surface area contributed by atoms with E-state index in [-0.39, 0.29) is 12.2 Å². The molecule has 0 spiro atoms. The molecule has 9 heavy (non-hydrogen) atoms. The van der Waals surface area contributed by atoms with Crippen LogP contribution in [0.2, 0.25) is 0 Å². The van der Waals surface area contributed by atoms with E-state index < -0.39 is 0 Å². The van der Waals surface area contributed by atoms with Crippen molar-refractivity contribution in [1.82, 2.24) is 21.5 Å². The first-order valence-corrected chi connectivity index (χ1v) is 2.79. The topological polar surface area (TPSA) is 65.2 Å². The maximum atomic E-state index is 10.4. The van der Waals surface area contributed by atoms with Crippen molar-refractivity contribution in [3.63, 3.8) is 0 Å². The number of likely N-dealkylation sites (N-methyl/N-ethyl adjacent to an activating group) is 1. The highest BCUT2D eigenvalue weighted by atomic mass is 16.2. The Morgan fingerprint density at radius 3 is 3.00 bits per heavy atom. The minimum Gasteiger partial charge on any atom is -0.319 e. The van der Waals surface area contributed by atoms with Crippen molar-refractivity contribution < 1.29 is 4.79 Å². The maximum absolute atomic E-state index is 10.4. The van der Waals surface area contributed by atoms with Crippen molar-refractivity contribution in [2.75, 3.05) is 13.6 Å². The summed E-state index contributed by atoms with van der Waals surface area (Å²) < 4.78 is 0. The van der Waals surface area contributed by atoms with Crippen LogP contribution in [-0.2, 0) is 0 Å². The van der Waals surface area contributed by atoms with Crippen LogP contribution in [0.3, 0.4) is 0 Å². The Labute approximate surface area is 53.2 Å². The van der Waals surface area contributed by atoms with Gasteiger partial charge < -0.3 is 10.6 Å². The van der Waals surface area contributed by atoms with Crippen molar-refractivity contribution >= 4 is 6.03 Å². The lowest BCUT2D eigenvalue weighted by Gasteiger charge is -2.05. The number of hydrogen-bond donors (Lipinski definition) is 4. The minimum absolute atomic E-state index is 0.0162. The van der Waals surface area contributed by atoms with Gasteiger partial charge >= 0.3 is 6.03 Å². The molecule has 0 bridgehead atoms. The standard InChI is InChI=1S/C4H10N4O/c1-5-2-3-6-4(9)8-7-3/h3,5,7H,2H2,1H3,(H2,6,8,9). The summed E-state index contributed by atoms with van der Waals surface area (Å²) in [4.78, 5) is 10.4. The Morgan fingerprint density at radius 1 is 1.78 bits per heavy atom. The lowest BCUT2D eigenvalue weighted by atomic mass is 10.5. The molecule has 1 aliphatic rings.